The lowest BCUT2D eigenvalue weighted by atomic mass is 9.92. The number of carbonyl (C=O) groups is 2. The molecule has 0 aliphatic rings. The number of anilines is 1. The van der Waals surface area contributed by atoms with Gasteiger partial charge in [0.15, 0.2) is 0 Å². The fourth-order valence-electron chi connectivity index (χ4n) is 2.48. The SMILES string of the molecule is Cn1nc(C(C)(C)C)cc1C(=O)Nc1ccccc1CC(=O)NCCN. The van der Waals surface area contributed by atoms with Crippen molar-refractivity contribution in [3.8, 4) is 0 Å². The first-order valence-corrected chi connectivity index (χ1v) is 8.63. The molecule has 1 aromatic heterocycles. The van der Waals surface area contributed by atoms with Gasteiger partial charge >= 0.3 is 0 Å². The number of hydrogen-bond acceptors (Lipinski definition) is 4. The predicted molar refractivity (Wildman–Crippen MR) is 102 cm³/mol. The average Bonchev–Trinajstić information content (AvgIpc) is 2.97. The molecule has 140 valence electrons. The van der Waals surface area contributed by atoms with E-state index in [1.54, 1.807) is 23.9 Å². The Bertz CT molecular complexity index is 789. The van der Waals surface area contributed by atoms with Gasteiger partial charge in [0.1, 0.15) is 5.69 Å². The van der Waals surface area contributed by atoms with Gasteiger partial charge in [-0.3, -0.25) is 14.3 Å². The van der Waals surface area contributed by atoms with E-state index in [9.17, 15) is 9.59 Å². The molecule has 2 amide bonds. The summed E-state index contributed by atoms with van der Waals surface area (Å²) < 4.78 is 1.58. The Morgan fingerprint density at radius 1 is 1.23 bits per heavy atom. The van der Waals surface area contributed by atoms with Crippen LogP contribution < -0.4 is 16.4 Å². The van der Waals surface area contributed by atoms with Gasteiger partial charge < -0.3 is 16.4 Å². The van der Waals surface area contributed by atoms with Crippen LogP contribution in [-0.4, -0.2) is 34.7 Å². The number of aromatic nitrogens is 2. The van der Waals surface area contributed by atoms with Gasteiger partial charge in [-0.1, -0.05) is 39.0 Å². The Hall–Kier alpha value is -2.67. The third kappa shape index (κ3) is 4.92. The van der Waals surface area contributed by atoms with Crippen molar-refractivity contribution in [1.82, 2.24) is 15.1 Å². The van der Waals surface area contributed by atoms with Gasteiger partial charge in [-0.15, -0.1) is 0 Å². The first-order valence-electron chi connectivity index (χ1n) is 8.63. The fourth-order valence-corrected chi connectivity index (χ4v) is 2.48. The number of rotatable bonds is 6. The third-order valence-electron chi connectivity index (χ3n) is 3.96. The van der Waals surface area contributed by atoms with Crippen LogP contribution in [0.15, 0.2) is 30.3 Å². The van der Waals surface area contributed by atoms with Crippen LogP contribution in [0.25, 0.3) is 0 Å². The third-order valence-corrected chi connectivity index (χ3v) is 3.96. The van der Waals surface area contributed by atoms with E-state index in [2.05, 4.69) is 15.7 Å². The largest absolute Gasteiger partial charge is 0.355 e. The highest BCUT2D eigenvalue weighted by Gasteiger charge is 2.22. The van der Waals surface area contributed by atoms with E-state index in [4.69, 9.17) is 5.73 Å². The monoisotopic (exact) mass is 357 g/mol. The molecule has 0 saturated carbocycles. The van der Waals surface area contributed by atoms with Crippen LogP contribution in [0.4, 0.5) is 5.69 Å². The molecule has 2 aromatic rings. The van der Waals surface area contributed by atoms with Crippen molar-refractivity contribution in [2.24, 2.45) is 12.8 Å². The first kappa shape index (κ1) is 19.7. The van der Waals surface area contributed by atoms with Gasteiger partial charge in [-0.2, -0.15) is 5.10 Å². The van der Waals surface area contributed by atoms with Crippen molar-refractivity contribution in [2.75, 3.05) is 18.4 Å². The summed E-state index contributed by atoms with van der Waals surface area (Å²) in [6.07, 6.45) is 0.176. The summed E-state index contributed by atoms with van der Waals surface area (Å²) in [4.78, 5) is 24.6. The zero-order valence-corrected chi connectivity index (χ0v) is 15.8. The molecule has 7 heteroatoms. The molecule has 1 aromatic carbocycles. The molecule has 2 rings (SSSR count). The number of amides is 2. The second kappa shape index (κ2) is 8.14. The van der Waals surface area contributed by atoms with Gasteiger partial charge in [-0.25, -0.2) is 0 Å². The summed E-state index contributed by atoms with van der Waals surface area (Å²) in [5.41, 5.74) is 7.92. The van der Waals surface area contributed by atoms with Crippen molar-refractivity contribution in [1.29, 1.82) is 0 Å². The molecule has 0 aliphatic heterocycles. The van der Waals surface area contributed by atoms with Gasteiger partial charge in [0.2, 0.25) is 5.91 Å². The first-order chi connectivity index (χ1) is 12.2. The molecule has 26 heavy (non-hydrogen) atoms. The second-order valence-electron chi connectivity index (χ2n) is 7.22. The molecular formula is C19H27N5O2. The van der Waals surface area contributed by atoms with Crippen LogP contribution >= 0.6 is 0 Å². The summed E-state index contributed by atoms with van der Waals surface area (Å²) >= 11 is 0. The van der Waals surface area contributed by atoms with E-state index < -0.39 is 0 Å². The van der Waals surface area contributed by atoms with Gasteiger partial charge in [-0.05, 0) is 17.7 Å². The number of aryl methyl sites for hydroxylation is 1. The Balaban J connectivity index is 2.17. The molecule has 0 bridgehead atoms. The summed E-state index contributed by atoms with van der Waals surface area (Å²) in [5.74, 6) is -0.391. The lowest BCUT2D eigenvalue weighted by Crippen LogP contribution is -2.30. The van der Waals surface area contributed by atoms with Crippen LogP contribution in [0.2, 0.25) is 0 Å². The molecule has 0 radical (unpaired) electrons. The van der Waals surface area contributed by atoms with E-state index in [0.717, 1.165) is 11.3 Å². The number of para-hydroxylation sites is 1. The predicted octanol–water partition coefficient (Wildman–Crippen LogP) is 1.59. The molecule has 7 nitrogen and oxygen atoms in total. The van der Waals surface area contributed by atoms with Crippen molar-refractivity contribution >= 4 is 17.5 Å². The lowest BCUT2D eigenvalue weighted by molar-refractivity contribution is -0.120. The maximum atomic E-state index is 12.7. The van der Waals surface area contributed by atoms with E-state index in [-0.39, 0.29) is 23.7 Å². The highest BCUT2D eigenvalue weighted by Crippen LogP contribution is 2.22. The van der Waals surface area contributed by atoms with Crippen molar-refractivity contribution in [3.63, 3.8) is 0 Å². The highest BCUT2D eigenvalue weighted by molar-refractivity contribution is 6.03. The molecule has 0 spiro atoms. The number of benzene rings is 1. The number of nitrogens with two attached hydrogens (primary N) is 1. The van der Waals surface area contributed by atoms with Crippen molar-refractivity contribution in [2.45, 2.75) is 32.6 Å². The minimum atomic E-state index is -0.259. The lowest BCUT2D eigenvalue weighted by Gasteiger charge is -2.13. The Morgan fingerprint density at radius 2 is 1.92 bits per heavy atom. The second-order valence-corrected chi connectivity index (χ2v) is 7.22. The Morgan fingerprint density at radius 3 is 2.54 bits per heavy atom. The average molecular weight is 357 g/mol. The summed E-state index contributed by atoms with van der Waals surface area (Å²) in [7, 11) is 1.75. The topological polar surface area (TPSA) is 102 Å². The summed E-state index contributed by atoms with van der Waals surface area (Å²) in [6, 6.07) is 9.06. The van der Waals surface area contributed by atoms with Crippen LogP contribution in [0.1, 0.15) is 42.5 Å². The van der Waals surface area contributed by atoms with Crippen LogP contribution in [-0.2, 0) is 23.7 Å². The van der Waals surface area contributed by atoms with Crippen LogP contribution in [0.5, 0.6) is 0 Å². The van der Waals surface area contributed by atoms with E-state index in [1.807, 2.05) is 39.0 Å². The Labute approximate surface area is 154 Å². The van der Waals surface area contributed by atoms with Crippen molar-refractivity contribution < 1.29 is 9.59 Å². The summed E-state index contributed by atoms with van der Waals surface area (Å²) in [6.45, 7) is 6.96. The minimum Gasteiger partial charge on any atom is -0.355 e. The normalized spacial score (nSPS) is 11.3. The van der Waals surface area contributed by atoms with E-state index in [0.29, 0.717) is 24.5 Å². The molecular weight excluding hydrogens is 330 g/mol. The number of nitrogens with zero attached hydrogens (tertiary/aromatic N) is 2. The zero-order chi connectivity index (χ0) is 19.3. The van der Waals surface area contributed by atoms with E-state index in [1.165, 1.54) is 0 Å². The smallest absolute Gasteiger partial charge is 0.273 e. The maximum absolute atomic E-state index is 12.7. The number of hydrogen-bond donors (Lipinski definition) is 3. The standard InChI is InChI=1S/C19H27N5O2/c1-19(2,3)16-12-15(24(4)23-16)18(26)22-14-8-6-5-7-13(14)11-17(25)21-10-9-20/h5-8,12H,9-11,20H2,1-4H3,(H,21,25)(H,22,26). The molecule has 0 fully saturated rings. The molecule has 0 aliphatic carbocycles. The molecule has 1 heterocycles. The van der Waals surface area contributed by atoms with Crippen LogP contribution in [0.3, 0.4) is 0 Å². The molecule has 0 atom stereocenters. The van der Waals surface area contributed by atoms with Crippen molar-refractivity contribution in [3.05, 3.63) is 47.3 Å². The van der Waals surface area contributed by atoms with Gasteiger partial charge in [0.25, 0.3) is 5.91 Å². The number of carbonyl (C=O) groups excluding carboxylic acids is 2. The van der Waals surface area contributed by atoms with Crippen LogP contribution in [0, 0.1) is 0 Å². The fraction of sp³-hybridized carbons (Fsp3) is 0.421. The summed E-state index contributed by atoms with van der Waals surface area (Å²) in [5, 5.41) is 10.0. The molecule has 0 saturated heterocycles. The minimum absolute atomic E-state index is 0.132. The maximum Gasteiger partial charge on any atom is 0.273 e. The van der Waals surface area contributed by atoms with Gasteiger partial charge in [0, 0.05) is 31.2 Å². The zero-order valence-electron chi connectivity index (χ0n) is 15.8. The highest BCUT2D eigenvalue weighted by atomic mass is 16.2. The van der Waals surface area contributed by atoms with E-state index >= 15 is 0 Å². The molecule has 0 unspecified atom stereocenters. The Kier molecular flexibility index (Phi) is 6.15. The number of nitrogens with one attached hydrogen (secondary N) is 2. The quantitative estimate of drug-likeness (QED) is 0.730. The molecule has 4 N–H and O–H groups in total. The van der Waals surface area contributed by atoms with Gasteiger partial charge in [0.05, 0.1) is 12.1 Å².